The van der Waals surface area contributed by atoms with Crippen molar-refractivity contribution < 1.29 is 0 Å². The fourth-order valence-corrected chi connectivity index (χ4v) is 3.09. The third-order valence-electron chi connectivity index (χ3n) is 0.968. The van der Waals surface area contributed by atoms with E-state index in [4.69, 9.17) is 0 Å². The molecule has 2 radical (unpaired) electrons. The first-order valence-electron chi connectivity index (χ1n) is 2.22. The molecule has 0 aliphatic rings. The fourth-order valence-electron chi connectivity index (χ4n) is 0.591. The van der Waals surface area contributed by atoms with E-state index in [9.17, 15) is 0 Å². The van der Waals surface area contributed by atoms with Gasteiger partial charge in [-0.3, -0.25) is 0 Å². The molecule has 0 spiro atoms. The topological polar surface area (TPSA) is 0 Å². The monoisotopic (exact) mass is 186 g/mol. The minimum absolute atomic E-state index is 0.514. The average Bonchev–Trinajstić information content (AvgIpc) is 2.15. The van der Waals surface area contributed by atoms with Crippen molar-refractivity contribution in [2.45, 2.75) is 0 Å². The van der Waals surface area contributed by atoms with Crippen molar-refractivity contribution in [3.05, 3.63) is 22.5 Å². The summed E-state index contributed by atoms with van der Waals surface area (Å²) in [4.78, 5) is 3.20. The summed E-state index contributed by atoms with van der Waals surface area (Å²) in [7, 11) is 0. The van der Waals surface area contributed by atoms with Gasteiger partial charge in [-0.05, 0) is 0 Å². The Bertz CT molecular complexity index is 230. The van der Waals surface area contributed by atoms with E-state index in [-0.39, 0.29) is 0 Å². The van der Waals surface area contributed by atoms with Crippen molar-refractivity contribution in [3.63, 3.8) is 0 Å². The number of hydrogen-bond acceptors (Lipinski definition) is 1. The Hall–Kier alpha value is -0.0405. The summed E-state index contributed by atoms with van der Waals surface area (Å²) in [5.41, 5.74) is 0. The maximum atomic E-state index is 3.20. The molecule has 0 atom stereocenters. The number of thiophene rings is 1. The van der Waals surface area contributed by atoms with E-state index in [0.29, 0.717) is 14.5 Å². The molecule has 0 aliphatic carbocycles. The normalized spacial score (nSPS) is 10.5. The molecular weight excluding hydrogens is 183 g/mol. The van der Waals surface area contributed by atoms with Crippen molar-refractivity contribution in [3.8, 4) is 0 Å². The molecule has 8 heavy (non-hydrogen) atoms. The van der Waals surface area contributed by atoms with Crippen LogP contribution in [-0.2, 0) is 0 Å². The Kier molecular flexibility index (Phi) is 1.04. The van der Waals surface area contributed by atoms with Crippen molar-refractivity contribution in [1.29, 1.82) is 0 Å². The molecule has 2 heterocycles. The van der Waals surface area contributed by atoms with Crippen molar-refractivity contribution in [2.24, 2.45) is 0 Å². The molecule has 0 amide bonds. The molecule has 0 unspecified atom stereocenters. The van der Waals surface area contributed by atoms with E-state index in [2.05, 4.69) is 16.4 Å². The van der Waals surface area contributed by atoms with E-state index < -0.39 is 0 Å². The van der Waals surface area contributed by atoms with Crippen LogP contribution < -0.4 is 0 Å². The first-order valence-corrected chi connectivity index (χ1v) is 4.75. The van der Waals surface area contributed by atoms with Gasteiger partial charge in [-0.15, -0.1) is 0 Å². The van der Waals surface area contributed by atoms with E-state index in [0.717, 1.165) is 0 Å². The van der Waals surface area contributed by atoms with E-state index in [1.165, 1.54) is 8.96 Å². The molecule has 2 heteroatoms. The fraction of sp³-hybridized carbons (Fsp3) is 0. The zero-order valence-corrected chi connectivity index (χ0v) is 6.50. The van der Waals surface area contributed by atoms with Crippen LogP contribution in [0.15, 0.2) is 12.1 Å². The van der Waals surface area contributed by atoms with Crippen LogP contribution in [0.25, 0.3) is 8.96 Å². The summed E-state index contributed by atoms with van der Waals surface area (Å²) in [6.07, 6.45) is 0. The first kappa shape index (κ1) is 4.80. The van der Waals surface area contributed by atoms with Gasteiger partial charge in [-0.1, -0.05) is 0 Å². The molecule has 38 valence electrons. The molecule has 0 aliphatic heterocycles. The zero-order chi connectivity index (χ0) is 5.40. The van der Waals surface area contributed by atoms with E-state index >= 15 is 0 Å². The van der Waals surface area contributed by atoms with Crippen molar-refractivity contribution in [2.75, 3.05) is 0 Å². The molecule has 0 bridgehead atoms. The molecule has 0 saturated carbocycles. The van der Waals surface area contributed by atoms with Gasteiger partial charge in [0, 0.05) is 0 Å². The Morgan fingerprint density at radius 3 is 3.38 bits per heavy atom. The summed E-state index contributed by atoms with van der Waals surface area (Å²) >= 11 is 2.23. The molecule has 0 aromatic carbocycles. The van der Waals surface area contributed by atoms with Gasteiger partial charge in [-0.25, -0.2) is 0 Å². The van der Waals surface area contributed by atoms with Crippen molar-refractivity contribution >= 4 is 34.8 Å². The summed E-state index contributed by atoms with van der Waals surface area (Å²) in [5.74, 6) is 0. The molecule has 0 nitrogen and oxygen atoms in total. The quantitative estimate of drug-likeness (QED) is 0.546. The standard InChI is InChI=1S/C6H2SSe/c1-3-7-6-5(1)2-4-8-6/h1-2H. The Morgan fingerprint density at radius 2 is 2.50 bits per heavy atom. The van der Waals surface area contributed by atoms with Gasteiger partial charge >= 0.3 is 57.3 Å². The van der Waals surface area contributed by atoms with Gasteiger partial charge in [0.15, 0.2) is 0 Å². The molecule has 2 aromatic heterocycles. The van der Waals surface area contributed by atoms with Crippen LogP contribution >= 0.6 is 11.3 Å². The summed E-state index contributed by atoms with van der Waals surface area (Å²) < 4.78 is 1.47. The minimum atomic E-state index is 0.514. The van der Waals surface area contributed by atoms with Crippen LogP contribution in [0.2, 0.25) is 0 Å². The predicted octanol–water partition coefficient (Wildman–Crippen LogP) is 1.56. The molecule has 0 saturated heterocycles. The Balaban J connectivity index is 3.06. The third-order valence-corrected chi connectivity index (χ3v) is 3.96. The summed E-state index contributed by atoms with van der Waals surface area (Å²) in [6, 6.07) is 4.09. The molecule has 0 fully saturated rings. The van der Waals surface area contributed by atoms with Gasteiger partial charge in [0.05, 0.1) is 0 Å². The van der Waals surface area contributed by atoms with Gasteiger partial charge in [0.25, 0.3) is 0 Å². The Labute approximate surface area is 57.5 Å². The van der Waals surface area contributed by atoms with Crippen LogP contribution in [0.3, 0.4) is 0 Å². The van der Waals surface area contributed by atoms with Crippen LogP contribution in [0, 0.1) is 10.3 Å². The van der Waals surface area contributed by atoms with Crippen molar-refractivity contribution in [1.82, 2.24) is 0 Å². The molecule has 0 N–H and O–H groups in total. The SMILES string of the molecule is [c]1cc2c[c][se]c2s1. The second kappa shape index (κ2) is 1.73. The van der Waals surface area contributed by atoms with E-state index in [1.807, 2.05) is 6.07 Å². The number of hydrogen-bond donors (Lipinski definition) is 0. The van der Waals surface area contributed by atoms with Gasteiger partial charge < -0.3 is 0 Å². The van der Waals surface area contributed by atoms with Crippen LogP contribution in [0.4, 0.5) is 0 Å². The van der Waals surface area contributed by atoms with Gasteiger partial charge in [-0.2, -0.15) is 0 Å². The number of rotatable bonds is 0. The number of fused-ring (bicyclic) bond motifs is 1. The predicted molar refractivity (Wildman–Crippen MR) is 36.4 cm³/mol. The zero-order valence-electron chi connectivity index (χ0n) is 3.97. The summed E-state index contributed by atoms with van der Waals surface area (Å²) in [6.45, 7) is 0. The summed E-state index contributed by atoms with van der Waals surface area (Å²) in [5, 5.41) is 4.43. The molecule has 2 rings (SSSR count). The maximum absolute atomic E-state index is 3.20. The van der Waals surface area contributed by atoms with Crippen LogP contribution in [0.1, 0.15) is 0 Å². The average molecular weight is 185 g/mol. The van der Waals surface area contributed by atoms with Gasteiger partial charge in [0.1, 0.15) is 0 Å². The second-order valence-corrected chi connectivity index (χ2v) is 4.68. The second-order valence-electron chi connectivity index (χ2n) is 1.47. The molecule has 2 aromatic rings. The van der Waals surface area contributed by atoms with E-state index in [1.54, 1.807) is 11.3 Å². The first-order chi connectivity index (χ1) is 3.97. The Morgan fingerprint density at radius 1 is 1.50 bits per heavy atom. The molecular formula is C6H2SSe. The van der Waals surface area contributed by atoms with Gasteiger partial charge in [0.2, 0.25) is 0 Å². The van der Waals surface area contributed by atoms with Crippen LogP contribution in [0.5, 0.6) is 0 Å². The third kappa shape index (κ3) is 0.575. The van der Waals surface area contributed by atoms with Crippen LogP contribution in [-0.4, -0.2) is 14.5 Å².